The van der Waals surface area contributed by atoms with Crippen molar-refractivity contribution in [3.63, 3.8) is 0 Å². The second-order valence-corrected chi connectivity index (χ2v) is 9.47. The molecule has 0 N–H and O–H groups in total. The van der Waals surface area contributed by atoms with Crippen LogP contribution in [0, 0.1) is 12.8 Å². The lowest BCUT2D eigenvalue weighted by Gasteiger charge is -2.30. The van der Waals surface area contributed by atoms with Crippen molar-refractivity contribution in [2.75, 3.05) is 13.1 Å². The van der Waals surface area contributed by atoms with Crippen molar-refractivity contribution >= 4 is 27.3 Å². The normalized spacial score (nSPS) is 15.7. The highest BCUT2D eigenvalue weighted by molar-refractivity contribution is 7.90. The third-order valence-corrected chi connectivity index (χ3v) is 7.23. The van der Waals surface area contributed by atoms with Gasteiger partial charge < -0.3 is 4.90 Å². The van der Waals surface area contributed by atoms with Gasteiger partial charge in [0.2, 0.25) is 0 Å². The molecule has 0 spiro atoms. The number of sulfone groups is 1. The molecule has 144 valence electrons. The molecule has 1 aromatic heterocycles. The van der Waals surface area contributed by atoms with E-state index < -0.39 is 9.84 Å². The minimum absolute atomic E-state index is 0.0905. The van der Waals surface area contributed by atoms with Crippen molar-refractivity contribution < 1.29 is 13.2 Å². The maximum atomic E-state index is 12.8. The topological polar surface area (TPSA) is 67.3 Å². The van der Waals surface area contributed by atoms with E-state index in [4.69, 9.17) is 11.6 Å². The number of carbonyl (C=O) groups is 1. The molecule has 1 aliphatic heterocycles. The monoisotopic (exact) mass is 406 g/mol. The van der Waals surface area contributed by atoms with E-state index in [-0.39, 0.29) is 27.3 Å². The van der Waals surface area contributed by atoms with E-state index in [1.165, 1.54) is 6.07 Å². The minimum Gasteiger partial charge on any atom is -0.337 e. The van der Waals surface area contributed by atoms with Crippen LogP contribution in [0.5, 0.6) is 0 Å². The van der Waals surface area contributed by atoms with Gasteiger partial charge in [-0.15, -0.1) is 0 Å². The average molecular weight is 407 g/mol. The van der Waals surface area contributed by atoms with Crippen LogP contribution in [0.1, 0.15) is 41.5 Å². The number of carbonyl (C=O) groups excluding carboxylic acids is 1. The van der Waals surface area contributed by atoms with Crippen LogP contribution in [0.25, 0.3) is 0 Å². The van der Waals surface area contributed by atoms with Crippen LogP contribution >= 0.6 is 11.6 Å². The van der Waals surface area contributed by atoms with Crippen molar-refractivity contribution in [2.24, 2.45) is 5.92 Å². The molecule has 0 radical (unpaired) electrons. The number of pyridine rings is 1. The molecular formula is C20H23ClN2O3S. The molecule has 2 heterocycles. The number of amides is 1. The van der Waals surface area contributed by atoms with Crippen LogP contribution in [0.3, 0.4) is 0 Å². The third-order valence-electron chi connectivity index (χ3n) is 4.93. The number of benzene rings is 1. The Bertz CT molecular complexity index is 951. The SMILES string of the molecule is Cc1cccc(S(=O)(=O)Cc2cccc(C(=O)N3CCC(C)CC3)n2)c1Cl. The average Bonchev–Trinajstić information content (AvgIpc) is 2.63. The van der Waals surface area contributed by atoms with Gasteiger partial charge >= 0.3 is 0 Å². The molecule has 1 saturated heterocycles. The molecule has 0 bridgehead atoms. The van der Waals surface area contributed by atoms with Crippen molar-refractivity contribution in [3.8, 4) is 0 Å². The zero-order valence-electron chi connectivity index (χ0n) is 15.5. The Balaban J connectivity index is 1.81. The first-order chi connectivity index (χ1) is 12.8. The lowest BCUT2D eigenvalue weighted by Crippen LogP contribution is -2.38. The molecule has 3 rings (SSSR count). The van der Waals surface area contributed by atoms with E-state index in [0.29, 0.717) is 30.3 Å². The number of likely N-dealkylation sites (tertiary alicyclic amines) is 1. The number of hydrogen-bond acceptors (Lipinski definition) is 4. The van der Waals surface area contributed by atoms with Gasteiger partial charge in [0.1, 0.15) is 5.69 Å². The summed E-state index contributed by atoms with van der Waals surface area (Å²) >= 11 is 6.18. The van der Waals surface area contributed by atoms with Gasteiger partial charge in [-0.3, -0.25) is 4.79 Å². The Kier molecular flexibility index (Phi) is 5.86. The Morgan fingerprint density at radius 1 is 1.19 bits per heavy atom. The van der Waals surface area contributed by atoms with E-state index >= 15 is 0 Å². The highest BCUT2D eigenvalue weighted by atomic mass is 35.5. The Morgan fingerprint density at radius 2 is 1.85 bits per heavy atom. The Hall–Kier alpha value is -1.92. The zero-order chi connectivity index (χ0) is 19.6. The lowest BCUT2D eigenvalue weighted by molar-refractivity contribution is 0.0691. The van der Waals surface area contributed by atoms with Crippen LogP contribution in [0.4, 0.5) is 0 Å². The summed E-state index contributed by atoms with van der Waals surface area (Å²) in [7, 11) is -3.66. The molecule has 1 fully saturated rings. The Morgan fingerprint density at radius 3 is 2.56 bits per heavy atom. The van der Waals surface area contributed by atoms with Gasteiger partial charge in [-0.05, 0) is 49.4 Å². The molecule has 1 amide bonds. The van der Waals surface area contributed by atoms with E-state index in [0.717, 1.165) is 12.8 Å². The number of aryl methyl sites for hydroxylation is 1. The van der Waals surface area contributed by atoms with Gasteiger partial charge in [0.25, 0.3) is 5.91 Å². The van der Waals surface area contributed by atoms with Crippen molar-refractivity contribution in [2.45, 2.75) is 37.3 Å². The van der Waals surface area contributed by atoms with Crippen molar-refractivity contribution in [1.82, 2.24) is 9.88 Å². The van der Waals surface area contributed by atoms with Crippen LogP contribution in [0.15, 0.2) is 41.3 Å². The predicted molar refractivity (Wildman–Crippen MR) is 106 cm³/mol. The number of nitrogens with zero attached hydrogens (tertiary/aromatic N) is 2. The summed E-state index contributed by atoms with van der Waals surface area (Å²) in [6.07, 6.45) is 1.96. The molecule has 1 aromatic carbocycles. The number of aromatic nitrogens is 1. The summed E-state index contributed by atoms with van der Waals surface area (Å²) in [5.74, 6) is 0.182. The fourth-order valence-electron chi connectivity index (χ4n) is 3.19. The van der Waals surface area contributed by atoms with Gasteiger partial charge in [-0.1, -0.05) is 36.7 Å². The Labute approximate surface area is 165 Å². The first kappa shape index (κ1) is 19.8. The van der Waals surface area contributed by atoms with Gasteiger partial charge in [0, 0.05) is 13.1 Å². The number of piperidine rings is 1. The van der Waals surface area contributed by atoms with Gasteiger partial charge in [0.15, 0.2) is 9.84 Å². The molecule has 0 aliphatic carbocycles. The highest BCUT2D eigenvalue weighted by Gasteiger charge is 2.24. The summed E-state index contributed by atoms with van der Waals surface area (Å²) in [6, 6.07) is 9.85. The van der Waals surface area contributed by atoms with Gasteiger partial charge in [-0.2, -0.15) is 0 Å². The zero-order valence-corrected chi connectivity index (χ0v) is 17.1. The largest absolute Gasteiger partial charge is 0.337 e. The highest BCUT2D eigenvalue weighted by Crippen LogP contribution is 2.27. The maximum Gasteiger partial charge on any atom is 0.272 e. The van der Waals surface area contributed by atoms with Crippen LogP contribution in [0.2, 0.25) is 5.02 Å². The summed E-state index contributed by atoms with van der Waals surface area (Å²) in [5.41, 5.74) is 1.32. The molecule has 0 unspecified atom stereocenters. The maximum absolute atomic E-state index is 12.8. The van der Waals surface area contributed by atoms with Crippen LogP contribution in [-0.2, 0) is 15.6 Å². The molecule has 5 nitrogen and oxygen atoms in total. The molecule has 0 atom stereocenters. The molecule has 2 aromatic rings. The molecular weight excluding hydrogens is 384 g/mol. The third kappa shape index (κ3) is 4.50. The van der Waals surface area contributed by atoms with Crippen LogP contribution in [-0.4, -0.2) is 37.3 Å². The number of rotatable bonds is 4. The van der Waals surface area contributed by atoms with Gasteiger partial charge in [-0.25, -0.2) is 13.4 Å². The van der Waals surface area contributed by atoms with Crippen molar-refractivity contribution in [1.29, 1.82) is 0 Å². The minimum atomic E-state index is -3.66. The second-order valence-electron chi connectivity index (χ2n) is 7.14. The smallest absolute Gasteiger partial charge is 0.272 e. The standard InChI is InChI=1S/C20H23ClN2O3S/c1-14-9-11-23(12-10-14)20(24)17-7-4-6-16(22-17)13-27(25,26)18-8-3-5-15(2)19(18)21/h3-8,14H,9-13H2,1-2H3. The summed E-state index contributed by atoms with van der Waals surface area (Å²) in [6.45, 7) is 5.37. The number of hydrogen-bond donors (Lipinski definition) is 0. The molecule has 7 heteroatoms. The lowest BCUT2D eigenvalue weighted by atomic mass is 9.99. The predicted octanol–water partition coefficient (Wildman–Crippen LogP) is 3.89. The first-order valence-electron chi connectivity index (χ1n) is 9.01. The fraction of sp³-hybridized carbons (Fsp3) is 0.400. The summed E-state index contributed by atoms with van der Waals surface area (Å²) < 4.78 is 25.5. The van der Waals surface area contributed by atoms with E-state index in [1.807, 2.05) is 0 Å². The van der Waals surface area contributed by atoms with Gasteiger partial charge in [0.05, 0.1) is 21.4 Å². The second kappa shape index (κ2) is 7.98. The van der Waals surface area contributed by atoms with E-state index in [1.54, 1.807) is 42.2 Å². The summed E-state index contributed by atoms with van der Waals surface area (Å²) in [5, 5.41) is 0.229. The molecule has 27 heavy (non-hydrogen) atoms. The number of halogens is 1. The first-order valence-corrected chi connectivity index (χ1v) is 11.0. The van der Waals surface area contributed by atoms with E-state index in [2.05, 4.69) is 11.9 Å². The summed E-state index contributed by atoms with van der Waals surface area (Å²) in [4.78, 5) is 18.9. The van der Waals surface area contributed by atoms with Crippen molar-refractivity contribution in [3.05, 3.63) is 58.4 Å². The quantitative estimate of drug-likeness (QED) is 0.772. The molecule has 1 aliphatic rings. The fourth-order valence-corrected chi connectivity index (χ4v) is 5.09. The van der Waals surface area contributed by atoms with E-state index in [9.17, 15) is 13.2 Å². The molecule has 0 saturated carbocycles. The van der Waals surface area contributed by atoms with Crippen LogP contribution < -0.4 is 0 Å².